The van der Waals surface area contributed by atoms with Crippen molar-refractivity contribution in [3.63, 3.8) is 0 Å². The Morgan fingerprint density at radius 3 is 2.53 bits per heavy atom. The molecule has 1 aliphatic rings. The van der Waals surface area contributed by atoms with E-state index < -0.39 is 6.03 Å². The van der Waals surface area contributed by atoms with Crippen molar-refractivity contribution in [3.05, 3.63) is 24.3 Å². The van der Waals surface area contributed by atoms with Gasteiger partial charge in [0.15, 0.2) is 0 Å². The second-order valence-corrected chi connectivity index (χ2v) is 4.80. The lowest BCUT2D eigenvalue weighted by Gasteiger charge is -2.14. The van der Waals surface area contributed by atoms with Gasteiger partial charge >= 0.3 is 6.03 Å². The van der Waals surface area contributed by atoms with Gasteiger partial charge in [0.05, 0.1) is 5.92 Å². The fraction of sp³-hybridized carbons (Fsp3) is 0.385. The molecule has 0 aliphatic carbocycles. The van der Waals surface area contributed by atoms with E-state index in [0.717, 1.165) is 6.54 Å². The number of hydrogen-bond acceptors (Lipinski definition) is 3. The molecular weight excluding hydrogens is 244 g/mol. The molecule has 2 rings (SSSR count). The summed E-state index contributed by atoms with van der Waals surface area (Å²) in [6.07, 6.45) is 0. The Bertz CT molecular complexity index is 489. The maximum Gasteiger partial charge on any atom is 0.316 e. The Kier molecular flexibility index (Phi) is 4.01. The highest BCUT2D eigenvalue weighted by Crippen LogP contribution is 2.20. The van der Waals surface area contributed by atoms with Gasteiger partial charge in [-0.1, -0.05) is 13.0 Å². The van der Waals surface area contributed by atoms with Crippen LogP contribution in [0.1, 0.15) is 6.92 Å². The average molecular weight is 262 g/mol. The number of anilines is 2. The number of nitrogens with two attached hydrogens (primary N) is 1. The Balaban J connectivity index is 2.02. The first kappa shape index (κ1) is 13.4. The molecule has 19 heavy (non-hydrogen) atoms. The van der Waals surface area contributed by atoms with Crippen LogP contribution in [0, 0.1) is 11.8 Å². The Hall–Kier alpha value is -2.08. The van der Waals surface area contributed by atoms with Crippen LogP contribution in [-0.4, -0.2) is 25.0 Å². The van der Waals surface area contributed by atoms with Gasteiger partial charge in [-0.3, -0.25) is 4.79 Å². The molecule has 102 valence electrons. The predicted molar refractivity (Wildman–Crippen MR) is 73.8 cm³/mol. The Labute approximate surface area is 111 Å². The third-order valence-corrected chi connectivity index (χ3v) is 3.25. The third kappa shape index (κ3) is 3.45. The first-order valence-corrected chi connectivity index (χ1v) is 6.24. The van der Waals surface area contributed by atoms with E-state index in [1.54, 1.807) is 24.3 Å². The number of carbonyl (C=O) groups is 2. The largest absolute Gasteiger partial charge is 0.351 e. The van der Waals surface area contributed by atoms with Crippen molar-refractivity contribution in [1.82, 2.24) is 5.32 Å². The number of nitrogens with one attached hydrogen (secondary N) is 3. The van der Waals surface area contributed by atoms with Crippen molar-refractivity contribution < 1.29 is 9.59 Å². The Morgan fingerprint density at radius 1 is 1.26 bits per heavy atom. The molecular formula is C13H18N4O2. The lowest BCUT2D eigenvalue weighted by atomic mass is 9.97. The minimum atomic E-state index is -0.628. The van der Waals surface area contributed by atoms with E-state index in [9.17, 15) is 9.59 Å². The molecule has 0 aromatic heterocycles. The monoisotopic (exact) mass is 262 g/mol. The van der Waals surface area contributed by atoms with Crippen molar-refractivity contribution in [2.45, 2.75) is 6.92 Å². The number of primary amides is 1. The summed E-state index contributed by atoms with van der Waals surface area (Å²) in [5.74, 6) is 0.299. The highest BCUT2D eigenvalue weighted by atomic mass is 16.2. The minimum Gasteiger partial charge on any atom is -0.351 e. The maximum absolute atomic E-state index is 12.1. The summed E-state index contributed by atoms with van der Waals surface area (Å²) in [5, 5.41) is 8.52. The van der Waals surface area contributed by atoms with E-state index >= 15 is 0 Å². The van der Waals surface area contributed by atoms with Crippen molar-refractivity contribution >= 4 is 23.3 Å². The molecule has 1 aromatic carbocycles. The number of carbonyl (C=O) groups excluding carboxylic acids is 2. The minimum absolute atomic E-state index is 0.00581. The smallest absolute Gasteiger partial charge is 0.316 e. The lowest BCUT2D eigenvalue weighted by molar-refractivity contribution is -0.120. The van der Waals surface area contributed by atoms with Gasteiger partial charge in [-0.05, 0) is 30.7 Å². The van der Waals surface area contributed by atoms with E-state index in [-0.39, 0.29) is 11.8 Å². The van der Waals surface area contributed by atoms with Gasteiger partial charge in [0, 0.05) is 17.9 Å². The van der Waals surface area contributed by atoms with E-state index in [1.165, 1.54) is 0 Å². The molecule has 0 bridgehead atoms. The highest BCUT2D eigenvalue weighted by molar-refractivity contribution is 5.94. The molecule has 1 heterocycles. The summed E-state index contributed by atoms with van der Waals surface area (Å²) < 4.78 is 0. The first-order chi connectivity index (χ1) is 9.06. The van der Waals surface area contributed by atoms with Gasteiger partial charge in [0.25, 0.3) is 0 Å². The van der Waals surface area contributed by atoms with Crippen LogP contribution < -0.4 is 21.7 Å². The molecule has 6 heteroatoms. The van der Waals surface area contributed by atoms with Crippen LogP contribution in [-0.2, 0) is 4.79 Å². The van der Waals surface area contributed by atoms with Gasteiger partial charge in [-0.15, -0.1) is 0 Å². The van der Waals surface area contributed by atoms with Gasteiger partial charge < -0.3 is 21.7 Å². The standard InChI is InChI=1S/C13H18N4O2/c1-8-6-15-7-11(8)12(18)16-9-3-2-4-10(5-9)17-13(14)19/h2-5,8,11,15H,6-7H2,1H3,(H,16,18)(H3,14,17,19). The average Bonchev–Trinajstić information content (AvgIpc) is 2.75. The highest BCUT2D eigenvalue weighted by Gasteiger charge is 2.29. The van der Waals surface area contributed by atoms with Crippen LogP contribution in [0.25, 0.3) is 0 Å². The summed E-state index contributed by atoms with van der Waals surface area (Å²) in [6, 6.07) is 6.28. The number of benzene rings is 1. The van der Waals surface area contributed by atoms with Gasteiger partial charge in [-0.2, -0.15) is 0 Å². The maximum atomic E-state index is 12.1. The molecule has 1 aliphatic heterocycles. The number of amides is 3. The second-order valence-electron chi connectivity index (χ2n) is 4.80. The van der Waals surface area contributed by atoms with Crippen LogP contribution in [0.4, 0.5) is 16.2 Å². The third-order valence-electron chi connectivity index (χ3n) is 3.25. The number of urea groups is 1. The summed E-state index contributed by atoms with van der Waals surface area (Å²) in [5.41, 5.74) is 6.25. The summed E-state index contributed by atoms with van der Waals surface area (Å²) in [6.45, 7) is 3.61. The van der Waals surface area contributed by atoms with Gasteiger partial charge in [0.1, 0.15) is 0 Å². The molecule has 1 saturated heterocycles. The SMILES string of the molecule is CC1CNCC1C(=O)Nc1cccc(NC(N)=O)c1. The Morgan fingerprint density at radius 2 is 1.95 bits per heavy atom. The zero-order valence-corrected chi connectivity index (χ0v) is 10.8. The van der Waals surface area contributed by atoms with Crippen LogP contribution in [0.5, 0.6) is 0 Å². The van der Waals surface area contributed by atoms with E-state index in [2.05, 4.69) is 22.9 Å². The van der Waals surface area contributed by atoms with Crippen LogP contribution in [0.2, 0.25) is 0 Å². The van der Waals surface area contributed by atoms with Crippen LogP contribution in [0.3, 0.4) is 0 Å². The fourth-order valence-corrected chi connectivity index (χ4v) is 2.21. The van der Waals surface area contributed by atoms with Crippen molar-refractivity contribution in [1.29, 1.82) is 0 Å². The molecule has 3 amide bonds. The first-order valence-electron chi connectivity index (χ1n) is 6.24. The van der Waals surface area contributed by atoms with E-state index in [1.807, 2.05) is 0 Å². The normalized spacial score (nSPS) is 21.9. The van der Waals surface area contributed by atoms with Gasteiger partial charge in [-0.25, -0.2) is 4.79 Å². The van der Waals surface area contributed by atoms with Crippen molar-refractivity contribution in [2.24, 2.45) is 17.6 Å². The molecule has 6 nitrogen and oxygen atoms in total. The van der Waals surface area contributed by atoms with Crippen LogP contribution >= 0.6 is 0 Å². The zero-order chi connectivity index (χ0) is 13.8. The van der Waals surface area contributed by atoms with E-state index in [0.29, 0.717) is 23.8 Å². The van der Waals surface area contributed by atoms with E-state index in [4.69, 9.17) is 5.73 Å². The number of rotatable bonds is 3. The molecule has 1 aromatic rings. The quantitative estimate of drug-likeness (QED) is 0.653. The summed E-state index contributed by atoms with van der Waals surface area (Å²) in [7, 11) is 0. The summed E-state index contributed by atoms with van der Waals surface area (Å²) >= 11 is 0. The molecule has 2 unspecified atom stereocenters. The van der Waals surface area contributed by atoms with Crippen molar-refractivity contribution in [2.75, 3.05) is 23.7 Å². The summed E-state index contributed by atoms with van der Waals surface area (Å²) in [4.78, 5) is 22.9. The predicted octanol–water partition coefficient (Wildman–Crippen LogP) is 0.971. The fourth-order valence-electron chi connectivity index (χ4n) is 2.21. The zero-order valence-electron chi connectivity index (χ0n) is 10.8. The molecule has 0 spiro atoms. The molecule has 2 atom stereocenters. The lowest BCUT2D eigenvalue weighted by Crippen LogP contribution is -2.27. The number of hydrogen-bond donors (Lipinski definition) is 4. The topological polar surface area (TPSA) is 96.2 Å². The van der Waals surface area contributed by atoms with Gasteiger partial charge in [0.2, 0.25) is 5.91 Å². The van der Waals surface area contributed by atoms with Crippen molar-refractivity contribution in [3.8, 4) is 0 Å². The molecule has 5 N–H and O–H groups in total. The van der Waals surface area contributed by atoms with Crippen LogP contribution in [0.15, 0.2) is 24.3 Å². The molecule has 1 fully saturated rings. The molecule has 0 radical (unpaired) electrons. The molecule has 0 saturated carbocycles. The second kappa shape index (κ2) is 5.71.